The topological polar surface area (TPSA) is 97.8 Å². The van der Waals surface area contributed by atoms with E-state index in [0.29, 0.717) is 11.9 Å². The molecule has 2 heterocycles. The van der Waals surface area contributed by atoms with Crippen LogP contribution in [-0.2, 0) is 16.0 Å². The van der Waals surface area contributed by atoms with Gasteiger partial charge in [0.2, 0.25) is 0 Å². The molecule has 0 radical (unpaired) electrons. The Morgan fingerprint density at radius 1 is 1.18 bits per heavy atom. The van der Waals surface area contributed by atoms with Crippen molar-refractivity contribution in [1.82, 2.24) is 4.98 Å². The third-order valence-electron chi connectivity index (χ3n) is 4.84. The fourth-order valence-electron chi connectivity index (χ4n) is 3.37. The van der Waals surface area contributed by atoms with Crippen molar-refractivity contribution in [2.75, 3.05) is 6.54 Å². The van der Waals surface area contributed by atoms with Crippen LogP contribution in [0.4, 0.5) is 0 Å². The number of fused-ring (bicyclic) bond motifs is 2. The maximum Gasteiger partial charge on any atom is 0.583 e. The summed E-state index contributed by atoms with van der Waals surface area (Å²) in [6.45, 7) is 0.214. The highest BCUT2D eigenvalue weighted by atomic mass is 32.1. The van der Waals surface area contributed by atoms with E-state index < -0.39 is 13.0 Å². The number of nitrogens with zero attached hydrogens (tertiary/aromatic N) is 2. The van der Waals surface area contributed by atoms with Crippen molar-refractivity contribution in [3.05, 3.63) is 71.5 Å². The highest BCUT2D eigenvalue weighted by molar-refractivity contribution is 7.59. The van der Waals surface area contributed by atoms with Gasteiger partial charge in [-0.05, 0) is 34.2 Å². The van der Waals surface area contributed by atoms with Gasteiger partial charge in [0, 0.05) is 36.2 Å². The lowest BCUT2D eigenvalue weighted by Crippen LogP contribution is -2.38. The molecule has 0 fully saturated rings. The van der Waals surface area contributed by atoms with Crippen LogP contribution in [0, 0.1) is 0 Å². The molecule has 2 aromatic carbocycles. The van der Waals surface area contributed by atoms with Gasteiger partial charge in [0.15, 0.2) is 0 Å². The second-order valence-corrected chi connectivity index (χ2v) is 6.57. The highest BCUT2D eigenvalue weighted by Crippen LogP contribution is 2.21. The Balaban J connectivity index is 0.00000225. The molecule has 8 heteroatoms. The number of rotatable bonds is 5. The number of carbonyl (C=O) groups is 1. The molecule has 0 bridgehead atoms. The van der Waals surface area contributed by atoms with E-state index >= 15 is 0 Å². The molecule has 142 valence electrons. The second-order valence-electron chi connectivity index (χ2n) is 6.57. The lowest BCUT2D eigenvalue weighted by molar-refractivity contribution is -0.119. The lowest BCUT2D eigenvalue weighted by Gasteiger charge is -2.18. The van der Waals surface area contributed by atoms with Crippen LogP contribution in [0.1, 0.15) is 22.6 Å². The Morgan fingerprint density at radius 3 is 2.86 bits per heavy atom. The fraction of sp³-hybridized carbons (Fsp3) is 0.150. The maximum absolute atomic E-state index is 12.9. The Bertz CT molecular complexity index is 1040. The average molecular weight is 393 g/mol. The molecule has 6 nitrogen and oxygen atoms in total. The first kappa shape index (κ1) is 20.1. The van der Waals surface area contributed by atoms with Gasteiger partial charge in [-0.3, -0.25) is 9.78 Å². The molecule has 1 aromatic heterocycles. The van der Waals surface area contributed by atoms with E-state index in [9.17, 15) is 9.82 Å². The number of Topliss-reactive ketones (excluding diaryl/α,β-unsaturated/α-hetero) is 1. The molecule has 3 N–H and O–H groups in total. The zero-order valence-electron chi connectivity index (χ0n) is 15.1. The number of carbonyl (C=O) groups excluding carboxylic acids is 1. The summed E-state index contributed by atoms with van der Waals surface area (Å²) in [6, 6.07) is 13.3. The van der Waals surface area contributed by atoms with Crippen LogP contribution in [0.3, 0.4) is 0 Å². The number of hydrogen-bond donors (Lipinski definition) is 2. The van der Waals surface area contributed by atoms with Crippen LogP contribution in [0.25, 0.3) is 10.8 Å². The van der Waals surface area contributed by atoms with E-state index in [1.54, 1.807) is 18.5 Å². The van der Waals surface area contributed by atoms with Crippen LogP contribution in [0.15, 0.2) is 60.0 Å². The van der Waals surface area contributed by atoms with Gasteiger partial charge in [-0.25, -0.2) is 0 Å². The van der Waals surface area contributed by atoms with Crippen LogP contribution >= 0.6 is 13.5 Å². The molecule has 0 saturated carbocycles. The predicted molar refractivity (Wildman–Crippen MR) is 115 cm³/mol. The second kappa shape index (κ2) is 8.56. The largest absolute Gasteiger partial charge is 0.583 e. The minimum absolute atomic E-state index is 0. The molecular weight excluding hydrogens is 373 g/mol. The number of ketones is 1. The van der Waals surface area contributed by atoms with Crippen LogP contribution in [0.5, 0.6) is 0 Å². The number of hydrogen-bond acceptors (Lipinski definition) is 6. The number of pyridine rings is 1. The molecular formula is C20H20BN3O3S. The zero-order valence-corrected chi connectivity index (χ0v) is 16.1. The molecule has 0 aliphatic carbocycles. The van der Waals surface area contributed by atoms with Gasteiger partial charge in [0.05, 0.1) is 12.1 Å². The Hall–Kier alpha value is -2.68. The predicted octanol–water partition coefficient (Wildman–Crippen LogP) is 1.25. The number of nitrogens with two attached hydrogens (primary N) is 1. The molecule has 0 saturated heterocycles. The summed E-state index contributed by atoms with van der Waals surface area (Å²) in [5, 5.41) is 15.6. The number of oxime groups is 1. The molecule has 28 heavy (non-hydrogen) atoms. The first-order chi connectivity index (χ1) is 13.2. The first-order valence-electron chi connectivity index (χ1n) is 8.72. The molecule has 0 spiro atoms. The quantitative estimate of drug-likeness (QED) is 0.636. The normalized spacial score (nSPS) is 13.4. The molecule has 1 aliphatic rings. The highest BCUT2D eigenvalue weighted by Gasteiger charge is 2.27. The van der Waals surface area contributed by atoms with Crippen LogP contribution in [-0.4, -0.2) is 35.7 Å². The van der Waals surface area contributed by atoms with Crippen molar-refractivity contribution in [2.45, 2.75) is 12.3 Å². The minimum atomic E-state index is -1.09. The molecule has 3 aromatic rings. The Labute approximate surface area is 170 Å². The summed E-state index contributed by atoms with van der Waals surface area (Å²) in [4.78, 5) is 17.0. The van der Waals surface area contributed by atoms with E-state index in [-0.39, 0.29) is 25.8 Å². The van der Waals surface area contributed by atoms with E-state index in [1.165, 1.54) is 6.21 Å². The smallest absolute Gasteiger partial charge is 0.427 e. The fourth-order valence-corrected chi connectivity index (χ4v) is 3.37. The summed E-state index contributed by atoms with van der Waals surface area (Å²) in [5.74, 6) is -0.368. The summed E-state index contributed by atoms with van der Waals surface area (Å²) in [6.07, 6.45) is 5.37. The van der Waals surface area contributed by atoms with E-state index in [0.717, 1.165) is 27.5 Å². The van der Waals surface area contributed by atoms with Crippen molar-refractivity contribution >= 4 is 48.8 Å². The standard InChI is InChI=1S/C20H18BN3O3.H2S/c22-10-18(15-3-4-19-17(9-15)12-24-27-21(19)26)20(25)8-13-1-2-16-11-23-6-5-14(16)7-13;/h1-7,9,11-12,18,26H,8,10,22H2;1H2/t18-;/m1./s1. The van der Waals surface area contributed by atoms with Crippen molar-refractivity contribution in [1.29, 1.82) is 0 Å². The summed E-state index contributed by atoms with van der Waals surface area (Å²) in [7, 11) is -1.09. The zero-order chi connectivity index (χ0) is 18.8. The van der Waals surface area contributed by atoms with Gasteiger partial charge in [0.25, 0.3) is 0 Å². The summed E-state index contributed by atoms with van der Waals surface area (Å²) >= 11 is 0. The van der Waals surface area contributed by atoms with Crippen LogP contribution in [0.2, 0.25) is 0 Å². The Morgan fingerprint density at radius 2 is 2.04 bits per heavy atom. The van der Waals surface area contributed by atoms with Crippen LogP contribution < -0.4 is 11.2 Å². The summed E-state index contributed by atoms with van der Waals surface area (Å²) < 4.78 is 4.82. The van der Waals surface area contributed by atoms with Gasteiger partial charge in [-0.15, -0.1) is 5.16 Å². The average Bonchev–Trinajstić information content (AvgIpc) is 2.68. The monoisotopic (exact) mass is 393 g/mol. The van der Waals surface area contributed by atoms with E-state index in [1.807, 2.05) is 36.4 Å². The third kappa shape index (κ3) is 3.94. The third-order valence-corrected chi connectivity index (χ3v) is 4.84. The maximum atomic E-state index is 12.9. The van der Waals surface area contributed by atoms with Crippen molar-refractivity contribution in [3.8, 4) is 0 Å². The van der Waals surface area contributed by atoms with Crippen molar-refractivity contribution in [3.63, 3.8) is 0 Å². The first-order valence-corrected chi connectivity index (χ1v) is 8.72. The molecule has 4 rings (SSSR count). The molecule has 1 atom stereocenters. The van der Waals surface area contributed by atoms with E-state index in [2.05, 4.69) is 10.1 Å². The van der Waals surface area contributed by atoms with Gasteiger partial charge >= 0.3 is 7.12 Å². The van der Waals surface area contributed by atoms with Crippen molar-refractivity contribution < 1.29 is 14.6 Å². The van der Waals surface area contributed by atoms with Gasteiger partial charge in [-0.2, -0.15) is 13.5 Å². The number of aromatic nitrogens is 1. The SMILES string of the molecule is NC[C@@H](C(=O)Cc1ccc2cnccc2c1)c1ccc2c(c1)C=NOB2O.S. The van der Waals surface area contributed by atoms with Crippen molar-refractivity contribution in [2.24, 2.45) is 10.9 Å². The number of benzene rings is 2. The van der Waals surface area contributed by atoms with Gasteiger partial charge in [-0.1, -0.05) is 30.3 Å². The molecule has 1 aliphatic heterocycles. The minimum Gasteiger partial charge on any atom is -0.427 e. The molecule has 0 amide bonds. The van der Waals surface area contributed by atoms with E-state index in [4.69, 9.17) is 10.5 Å². The van der Waals surface area contributed by atoms with Gasteiger partial charge in [0.1, 0.15) is 5.78 Å². The lowest BCUT2D eigenvalue weighted by atomic mass is 9.75. The van der Waals surface area contributed by atoms with Gasteiger partial charge < -0.3 is 15.5 Å². The summed E-state index contributed by atoms with van der Waals surface area (Å²) in [5.41, 5.74) is 9.03. The Kier molecular flexibility index (Phi) is 6.13. The molecule has 0 unspecified atom stereocenters.